The molecule has 1 atom stereocenters. The van der Waals surface area contributed by atoms with Gasteiger partial charge in [-0.25, -0.2) is 0 Å². The molecule has 1 unspecified atom stereocenters. The van der Waals surface area contributed by atoms with E-state index in [-0.39, 0.29) is 18.6 Å². The first kappa shape index (κ1) is 14.4. The third-order valence-corrected chi connectivity index (χ3v) is 3.53. The maximum absolute atomic E-state index is 11.5. The van der Waals surface area contributed by atoms with Crippen LogP contribution in [-0.4, -0.2) is 29.4 Å². The summed E-state index contributed by atoms with van der Waals surface area (Å²) in [5.41, 5.74) is 0. The molecule has 17 heavy (non-hydrogen) atoms. The van der Waals surface area contributed by atoms with Crippen LogP contribution >= 0.6 is 23.4 Å². The molecule has 0 spiro atoms. The first-order valence-corrected chi connectivity index (χ1v) is 6.80. The number of amides is 1. The molecule has 2 N–H and O–H groups in total. The van der Waals surface area contributed by atoms with Gasteiger partial charge in [0, 0.05) is 9.92 Å². The number of thioether (sulfide) groups is 1. The lowest BCUT2D eigenvalue weighted by atomic mass is 10.2. The second-order valence-electron chi connectivity index (χ2n) is 3.60. The zero-order valence-corrected chi connectivity index (χ0v) is 11.2. The molecule has 0 aromatic heterocycles. The molecule has 1 rings (SSSR count). The maximum atomic E-state index is 11.5. The van der Waals surface area contributed by atoms with Crippen LogP contribution < -0.4 is 5.32 Å². The van der Waals surface area contributed by atoms with Crippen LogP contribution in [0.4, 0.5) is 0 Å². The molecule has 3 nitrogen and oxygen atoms in total. The third kappa shape index (κ3) is 5.44. The Labute approximate surface area is 111 Å². The van der Waals surface area contributed by atoms with Crippen molar-refractivity contribution in [3.63, 3.8) is 0 Å². The summed E-state index contributed by atoms with van der Waals surface area (Å²) in [5, 5.41) is 12.4. The average Bonchev–Trinajstić information content (AvgIpc) is 2.35. The highest BCUT2D eigenvalue weighted by Gasteiger charge is 2.09. The summed E-state index contributed by atoms with van der Waals surface area (Å²) in [6, 6.07) is 7.20. The fraction of sp³-hybridized carbons (Fsp3) is 0.417. The largest absolute Gasteiger partial charge is 0.394 e. The topological polar surface area (TPSA) is 49.3 Å². The maximum Gasteiger partial charge on any atom is 0.230 e. The van der Waals surface area contributed by atoms with E-state index in [9.17, 15) is 4.79 Å². The minimum absolute atomic E-state index is 0.0200. The molecule has 94 valence electrons. The molecule has 0 saturated carbocycles. The lowest BCUT2D eigenvalue weighted by Crippen LogP contribution is -2.37. The molecule has 1 aromatic carbocycles. The molecule has 0 fully saturated rings. The Hall–Kier alpha value is -0.710. The fourth-order valence-corrected chi connectivity index (χ4v) is 2.06. The number of carbonyl (C=O) groups excluding carboxylic acids is 1. The van der Waals surface area contributed by atoms with E-state index < -0.39 is 0 Å². The molecule has 5 heteroatoms. The molecule has 0 aliphatic rings. The van der Waals surface area contributed by atoms with E-state index in [1.54, 1.807) is 12.1 Å². The zero-order valence-electron chi connectivity index (χ0n) is 9.65. The van der Waals surface area contributed by atoms with Crippen LogP contribution in [0.1, 0.15) is 13.3 Å². The average molecular weight is 274 g/mol. The molecule has 1 amide bonds. The van der Waals surface area contributed by atoms with Gasteiger partial charge in [-0.05, 0) is 30.7 Å². The van der Waals surface area contributed by atoms with Crippen molar-refractivity contribution < 1.29 is 9.90 Å². The van der Waals surface area contributed by atoms with Gasteiger partial charge in [-0.2, -0.15) is 0 Å². The number of aliphatic hydroxyl groups excluding tert-OH is 1. The molecule has 0 aliphatic heterocycles. The van der Waals surface area contributed by atoms with Crippen LogP contribution in [0, 0.1) is 0 Å². The van der Waals surface area contributed by atoms with E-state index in [4.69, 9.17) is 16.7 Å². The van der Waals surface area contributed by atoms with Crippen molar-refractivity contribution in [1.82, 2.24) is 5.32 Å². The van der Waals surface area contributed by atoms with Gasteiger partial charge in [-0.1, -0.05) is 18.5 Å². The van der Waals surface area contributed by atoms with Crippen molar-refractivity contribution in [2.24, 2.45) is 0 Å². The van der Waals surface area contributed by atoms with Crippen LogP contribution in [0.3, 0.4) is 0 Å². The predicted molar refractivity (Wildman–Crippen MR) is 71.5 cm³/mol. The van der Waals surface area contributed by atoms with Gasteiger partial charge in [-0.3, -0.25) is 4.79 Å². The van der Waals surface area contributed by atoms with Crippen molar-refractivity contribution >= 4 is 29.3 Å². The lowest BCUT2D eigenvalue weighted by molar-refractivity contribution is -0.119. The van der Waals surface area contributed by atoms with Crippen LogP contribution in [0.25, 0.3) is 0 Å². The van der Waals surface area contributed by atoms with Gasteiger partial charge in [-0.15, -0.1) is 11.8 Å². The van der Waals surface area contributed by atoms with Crippen molar-refractivity contribution in [2.75, 3.05) is 12.4 Å². The molecule has 0 bridgehead atoms. The van der Waals surface area contributed by atoms with Gasteiger partial charge < -0.3 is 10.4 Å². The highest BCUT2D eigenvalue weighted by Crippen LogP contribution is 2.19. The van der Waals surface area contributed by atoms with Crippen molar-refractivity contribution in [3.8, 4) is 0 Å². The van der Waals surface area contributed by atoms with Gasteiger partial charge >= 0.3 is 0 Å². The summed E-state index contributed by atoms with van der Waals surface area (Å²) < 4.78 is 0. The smallest absolute Gasteiger partial charge is 0.230 e. The minimum Gasteiger partial charge on any atom is -0.394 e. The van der Waals surface area contributed by atoms with Crippen LogP contribution in [0.15, 0.2) is 29.2 Å². The van der Waals surface area contributed by atoms with Crippen molar-refractivity contribution in [3.05, 3.63) is 29.3 Å². The third-order valence-electron chi connectivity index (χ3n) is 2.26. The quantitative estimate of drug-likeness (QED) is 0.782. The molecule has 0 heterocycles. The SMILES string of the molecule is CCC(CO)NC(=O)CSc1ccc(Cl)cc1. The molecular formula is C12H16ClNO2S. The zero-order chi connectivity index (χ0) is 12.7. The molecule has 0 saturated heterocycles. The second kappa shape index (κ2) is 7.58. The molecule has 1 aromatic rings. The van der Waals surface area contributed by atoms with E-state index >= 15 is 0 Å². The van der Waals surface area contributed by atoms with Crippen LogP contribution in [0.2, 0.25) is 5.02 Å². The van der Waals surface area contributed by atoms with Crippen molar-refractivity contribution in [2.45, 2.75) is 24.3 Å². The number of carbonyl (C=O) groups is 1. The number of halogens is 1. The summed E-state index contributed by atoms with van der Waals surface area (Å²) in [7, 11) is 0. The first-order chi connectivity index (χ1) is 8.15. The Balaban J connectivity index is 2.35. The normalized spacial score (nSPS) is 12.2. The predicted octanol–water partition coefficient (Wildman–Crippen LogP) is 2.32. The first-order valence-electron chi connectivity index (χ1n) is 5.44. The fourth-order valence-electron chi connectivity index (χ4n) is 1.23. The monoisotopic (exact) mass is 273 g/mol. The second-order valence-corrected chi connectivity index (χ2v) is 5.08. The number of benzene rings is 1. The standard InChI is InChI=1S/C12H16ClNO2S/c1-2-10(7-15)14-12(16)8-17-11-5-3-9(13)4-6-11/h3-6,10,15H,2,7-8H2,1H3,(H,14,16). The van der Waals surface area contributed by atoms with Crippen LogP contribution in [0.5, 0.6) is 0 Å². The number of hydrogen-bond donors (Lipinski definition) is 2. The molecular weight excluding hydrogens is 258 g/mol. The summed E-state index contributed by atoms with van der Waals surface area (Å²) >= 11 is 7.21. The molecule has 0 radical (unpaired) electrons. The summed E-state index contributed by atoms with van der Waals surface area (Å²) in [6.45, 7) is 1.90. The van der Waals surface area contributed by atoms with Gasteiger partial charge in [0.15, 0.2) is 0 Å². The Bertz CT molecular complexity index is 352. The van der Waals surface area contributed by atoms with Gasteiger partial charge in [0.25, 0.3) is 0 Å². The minimum atomic E-state index is -0.145. The number of nitrogens with one attached hydrogen (secondary N) is 1. The van der Waals surface area contributed by atoms with E-state index in [0.717, 1.165) is 11.3 Å². The Kier molecular flexibility index (Phi) is 6.40. The number of aliphatic hydroxyl groups is 1. The van der Waals surface area contributed by atoms with Crippen molar-refractivity contribution in [1.29, 1.82) is 0 Å². The van der Waals surface area contributed by atoms with Gasteiger partial charge in [0.1, 0.15) is 0 Å². The Morgan fingerprint density at radius 3 is 2.65 bits per heavy atom. The van der Waals surface area contributed by atoms with E-state index in [1.807, 2.05) is 19.1 Å². The Morgan fingerprint density at radius 2 is 2.12 bits per heavy atom. The van der Waals surface area contributed by atoms with Crippen LogP contribution in [-0.2, 0) is 4.79 Å². The van der Waals surface area contributed by atoms with E-state index in [0.29, 0.717) is 10.8 Å². The summed E-state index contributed by atoms with van der Waals surface area (Å²) in [5.74, 6) is 0.281. The van der Waals surface area contributed by atoms with E-state index in [2.05, 4.69) is 5.32 Å². The van der Waals surface area contributed by atoms with Gasteiger partial charge in [0.2, 0.25) is 5.91 Å². The lowest BCUT2D eigenvalue weighted by Gasteiger charge is -2.13. The van der Waals surface area contributed by atoms with E-state index in [1.165, 1.54) is 11.8 Å². The highest BCUT2D eigenvalue weighted by molar-refractivity contribution is 8.00. The number of rotatable bonds is 6. The summed E-state index contributed by atoms with van der Waals surface area (Å²) in [4.78, 5) is 12.5. The molecule has 0 aliphatic carbocycles. The highest BCUT2D eigenvalue weighted by atomic mass is 35.5. The Morgan fingerprint density at radius 1 is 1.47 bits per heavy atom. The van der Waals surface area contributed by atoms with Gasteiger partial charge in [0.05, 0.1) is 18.4 Å². The number of hydrogen-bond acceptors (Lipinski definition) is 3. The summed E-state index contributed by atoms with van der Waals surface area (Å²) in [6.07, 6.45) is 0.730.